The summed E-state index contributed by atoms with van der Waals surface area (Å²) in [5, 5.41) is 21.0. The summed E-state index contributed by atoms with van der Waals surface area (Å²) >= 11 is 0. The lowest BCUT2D eigenvalue weighted by atomic mass is 10.00. The molecule has 0 radical (unpaired) electrons. The Morgan fingerprint density at radius 3 is 2.53 bits per heavy atom. The predicted octanol–water partition coefficient (Wildman–Crippen LogP) is 1.16. The molecule has 0 spiro atoms. The van der Waals surface area contributed by atoms with Crippen molar-refractivity contribution < 1.29 is 23.7 Å². The molecule has 2 aliphatic heterocycles. The molecule has 1 fully saturated rings. The van der Waals surface area contributed by atoms with Gasteiger partial charge in [0.2, 0.25) is 23.6 Å². The van der Waals surface area contributed by atoms with Crippen molar-refractivity contribution in [3.63, 3.8) is 0 Å². The molecular weight excluding hydrogens is 552 g/mol. The largest absolute Gasteiger partial charge is 0.361 e. The summed E-state index contributed by atoms with van der Waals surface area (Å²) in [6, 6.07) is 6.47. The normalized spacial score (nSPS) is 22.9. The molecule has 3 N–H and O–H groups in total. The fourth-order valence-electron chi connectivity index (χ4n) is 5.74. The first-order valence-corrected chi connectivity index (χ1v) is 14.6. The van der Waals surface area contributed by atoms with Crippen LogP contribution in [0.3, 0.4) is 0 Å². The van der Waals surface area contributed by atoms with Crippen LogP contribution in [-0.2, 0) is 38.6 Å². The molecule has 5 rings (SSSR count). The maximum atomic E-state index is 13.8. The van der Waals surface area contributed by atoms with E-state index in [9.17, 15) is 19.2 Å². The summed E-state index contributed by atoms with van der Waals surface area (Å²) in [4.78, 5) is 55.8. The van der Waals surface area contributed by atoms with Crippen LogP contribution in [0.15, 0.2) is 41.1 Å². The average Bonchev–Trinajstić information content (AvgIpc) is 3.72. The summed E-state index contributed by atoms with van der Waals surface area (Å²) < 4.78 is 6.89. The van der Waals surface area contributed by atoms with E-state index in [4.69, 9.17) is 4.52 Å². The lowest BCUT2D eigenvalue weighted by Crippen LogP contribution is -2.58. The number of rotatable bonds is 6. The molecule has 13 nitrogen and oxygen atoms in total. The molecule has 4 amide bonds. The van der Waals surface area contributed by atoms with Gasteiger partial charge in [-0.05, 0) is 31.7 Å². The lowest BCUT2D eigenvalue weighted by molar-refractivity contribution is -0.140. The SMILES string of the molecule is Cc1noc(C)c1CCC(=O)N1C[C@@H]2C[C@H]1C(=O)N[C@@H](C(C)C)C(=O)N[C@H](Cc1ccccc1)C(=O)NCc1cn2nn1. The van der Waals surface area contributed by atoms with Crippen molar-refractivity contribution in [1.29, 1.82) is 0 Å². The minimum atomic E-state index is -0.917. The molecule has 0 aliphatic carbocycles. The fourth-order valence-corrected chi connectivity index (χ4v) is 5.74. The highest BCUT2D eigenvalue weighted by atomic mass is 16.5. The zero-order chi connectivity index (χ0) is 30.7. The Balaban J connectivity index is 1.41. The van der Waals surface area contributed by atoms with Crippen molar-refractivity contribution in [2.75, 3.05) is 6.54 Å². The van der Waals surface area contributed by atoms with E-state index in [1.54, 1.807) is 15.8 Å². The van der Waals surface area contributed by atoms with Gasteiger partial charge in [-0.25, -0.2) is 4.68 Å². The molecule has 0 unspecified atom stereocenters. The lowest BCUT2D eigenvalue weighted by Gasteiger charge is -2.29. The molecule has 4 bridgehead atoms. The van der Waals surface area contributed by atoms with Gasteiger partial charge in [0.05, 0.1) is 24.5 Å². The third-order valence-electron chi connectivity index (χ3n) is 8.21. The number of hydrogen-bond donors (Lipinski definition) is 3. The Morgan fingerprint density at radius 1 is 1.07 bits per heavy atom. The first-order chi connectivity index (χ1) is 20.6. The zero-order valence-electron chi connectivity index (χ0n) is 24.9. The summed E-state index contributed by atoms with van der Waals surface area (Å²) in [7, 11) is 0. The summed E-state index contributed by atoms with van der Waals surface area (Å²) in [5.41, 5.74) is 3.01. The van der Waals surface area contributed by atoms with Gasteiger partial charge in [-0.15, -0.1) is 5.10 Å². The molecule has 4 heterocycles. The first kappa shape index (κ1) is 29.9. The van der Waals surface area contributed by atoms with Crippen LogP contribution in [0.2, 0.25) is 0 Å². The van der Waals surface area contributed by atoms with Crippen LogP contribution in [0, 0.1) is 19.8 Å². The van der Waals surface area contributed by atoms with Crippen molar-refractivity contribution in [2.45, 2.75) is 84.1 Å². The Morgan fingerprint density at radius 2 is 1.84 bits per heavy atom. The number of carbonyl (C=O) groups excluding carboxylic acids is 4. The topological polar surface area (TPSA) is 164 Å². The third kappa shape index (κ3) is 6.76. The number of amides is 4. The molecule has 13 heteroatoms. The highest BCUT2D eigenvalue weighted by Gasteiger charge is 2.42. The van der Waals surface area contributed by atoms with Crippen molar-refractivity contribution >= 4 is 23.6 Å². The Labute approximate surface area is 249 Å². The van der Waals surface area contributed by atoms with E-state index in [-0.39, 0.29) is 49.7 Å². The number of carbonyl (C=O) groups is 4. The van der Waals surface area contributed by atoms with Crippen LogP contribution in [0.4, 0.5) is 0 Å². The maximum Gasteiger partial charge on any atom is 0.243 e. The van der Waals surface area contributed by atoms with E-state index in [2.05, 4.69) is 31.4 Å². The molecule has 2 aromatic heterocycles. The van der Waals surface area contributed by atoms with Crippen molar-refractivity contribution in [3.05, 3.63) is 64.8 Å². The standard InChI is InChI=1S/C30H38N8O5/c1-17(2)27-30(42)32-24(12-20-8-6-5-7-9-20)28(40)31-14-21-15-38(36-34-21)22-13-25(29(41)33-27)37(16-22)26(39)11-10-23-18(3)35-43-19(23)4/h5-9,15,17,22,24-25,27H,10-14,16H2,1-4H3,(H,31,40)(H,32,42)(H,33,41)/t22-,24+,25-,27-/m0/s1. The molecule has 2 aliphatic rings. The van der Waals surface area contributed by atoms with E-state index in [1.807, 2.05) is 58.0 Å². The molecule has 0 saturated carbocycles. The predicted molar refractivity (Wildman–Crippen MR) is 154 cm³/mol. The molecule has 3 aromatic rings. The van der Waals surface area contributed by atoms with Crippen molar-refractivity contribution in [1.82, 2.24) is 41.0 Å². The van der Waals surface area contributed by atoms with Gasteiger partial charge in [0.25, 0.3) is 0 Å². The quantitative estimate of drug-likeness (QED) is 0.385. The van der Waals surface area contributed by atoms with Gasteiger partial charge in [-0.3, -0.25) is 19.2 Å². The molecule has 4 atom stereocenters. The number of hydrogen-bond acceptors (Lipinski definition) is 8. The number of fused-ring (bicyclic) bond motifs is 5. The van der Waals surface area contributed by atoms with Crippen molar-refractivity contribution in [3.8, 4) is 0 Å². The number of benzene rings is 1. The number of aryl methyl sites for hydroxylation is 2. The van der Waals surface area contributed by atoms with Gasteiger partial charge in [0.15, 0.2) is 0 Å². The number of aromatic nitrogens is 4. The Bertz CT molecular complexity index is 1460. The maximum absolute atomic E-state index is 13.8. The second kappa shape index (κ2) is 12.8. The van der Waals surface area contributed by atoms with Crippen LogP contribution in [0.5, 0.6) is 0 Å². The van der Waals surface area contributed by atoms with Crippen LogP contribution < -0.4 is 16.0 Å². The van der Waals surface area contributed by atoms with Crippen molar-refractivity contribution in [2.24, 2.45) is 5.92 Å². The van der Waals surface area contributed by atoms with E-state index in [0.29, 0.717) is 24.3 Å². The summed E-state index contributed by atoms with van der Waals surface area (Å²) in [5.74, 6) is -1.07. The van der Waals surface area contributed by atoms with E-state index in [1.165, 1.54) is 0 Å². The van der Waals surface area contributed by atoms with E-state index < -0.39 is 29.9 Å². The first-order valence-electron chi connectivity index (χ1n) is 14.6. The van der Waals surface area contributed by atoms with Gasteiger partial charge >= 0.3 is 0 Å². The highest BCUT2D eigenvalue weighted by molar-refractivity contribution is 5.94. The smallest absolute Gasteiger partial charge is 0.243 e. The van der Waals surface area contributed by atoms with Gasteiger partial charge in [-0.1, -0.05) is 54.5 Å². The van der Waals surface area contributed by atoms with Gasteiger partial charge in [0.1, 0.15) is 29.6 Å². The summed E-state index contributed by atoms with van der Waals surface area (Å²) in [6.07, 6.45) is 2.90. The zero-order valence-corrected chi connectivity index (χ0v) is 24.9. The minimum Gasteiger partial charge on any atom is -0.361 e. The molecule has 1 saturated heterocycles. The van der Waals surface area contributed by atoms with Crippen LogP contribution in [0.1, 0.15) is 61.0 Å². The van der Waals surface area contributed by atoms with Crippen LogP contribution in [-0.4, -0.2) is 73.3 Å². The highest BCUT2D eigenvalue weighted by Crippen LogP contribution is 2.29. The van der Waals surface area contributed by atoms with Crippen LogP contribution >= 0.6 is 0 Å². The number of likely N-dealkylation sites (tertiary alicyclic amines) is 1. The second-order valence-electron chi connectivity index (χ2n) is 11.6. The molecule has 43 heavy (non-hydrogen) atoms. The number of nitrogens with one attached hydrogen (secondary N) is 3. The third-order valence-corrected chi connectivity index (χ3v) is 8.21. The van der Waals surface area contributed by atoms with Crippen LogP contribution in [0.25, 0.3) is 0 Å². The van der Waals surface area contributed by atoms with E-state index >= 15 is 0 Å². The minimum absolute atomic E-state index is 0.112. The fraction of sp³-hybridized carbons (Fsp3) is 0.500. The van der Waals surface area contributed by atoms with E-state index in [0.717, 1.165) is 16.8 Å². The average molecular weight is 591 g/mol. The Hall–Kier alpha value is -4.55. The monoisotopic (exact) mass is 590 g/mol. The second-order valence-corrected chi connectivity index (χ2v) is 11.6. The number of nitrogens with zero attached hydrogens (tertiary/aromatic N) is 5. The molecular formula is C30H38N8O5. The van der Waals surface area contributed by atoms with Gasteiger partial charge < -0.3 is 25.4 Å². The summed E-state index contributed by atoms with van der Waals surface area (Å²) in [6.45, 7) is 7.66. The van der Waals surface area contributed by atoms with Gasteiger partial charge in [0, 0.05) is 31.4 Å². The molecule has 228 valence electrons. The molecule has 1 aromatic carbocycles. The van der Waals surface area contributed by atoms with Gasteiger partial charge in [-0.2, -0.15) is 0 Å². The Kier molecular flexibility index (Phi) is 8.88.